The molecule has 0 aromatic heterocycles. The van der Waals surface area contributed by atoms with E-state index in [9.17, 15) is 0 Å². The van der Waals surface area contributed by atoms with Crippen LogP contribution >= 0.6 is 0 Å². The van der Waals surface area contributed by atoms with Crippen molar-refractivity contribution in [2.45, 2.75) is 44.3 Å². The number of nitrogens with zero attached hydrogens (tertiary/aromatic N) is 1. The molecule has 2 bridgehead atoms. The highest BCUT2D eigenvalue weighted by Crippen LogP contribution is 2.58. The predicted molar refractivity (Wildman–Crippen MR) is 47.8 cm³/mol. The van der Waals surface area contributed by atoms with Gasteiger partial charge in [0.1, 0.15) is 5.60 Å². The van der Waals surface area contributed by atoms with Crippen molar-refractivity contribution in [3.63, 3.8) is 0 Å². The highest BCUT2D eigenvalue weighted by Gasteiger charge is 2.62. The van der Waals surface area contributed by atoms with Crippen LogP contribution in [0.15, 0.2) is 0 Å². The Hall–Kier alpha value is -0.550. The minimum atomic E-state index is -0.100. The number of nitriles is 1. The molecule has 1 aliphatic heterocycles. The zero-order chi connectivity index (χ0) is 9.05. The van der Waals surface area contributed by atoms with Crippen LogP contribution in [0.5, 0.6) is 0 Å². The fourth-order valence-electron chi connectivity index (χ4n) is 3.60. The molecular formula is C11H15NO. The summed E-state index contributed by atoms with van der Waals surface area (Å²) < 4.78 is 5.53. The summed E-state index contributed by atoms with van der Waals surface area (Å²) in [6.07, 6.45) is 5.43. The number of fused-ring (bicyclic) bond motifs is 2. The summed E-state index contributed by atoms with van der Waals surface area (Å²) >= 11 is 0. The summed E-state index contributed by atoms with van der Waals surface area (Å²) in [5, 5.41) is 8.80. The Morgan fingerprint density at radius 2 is 2.23 bits per heavy atom. The fourth-order valence-corrected chi connectivity index (χ4v) is 3.60. The first-order valence-corrected chi connectivity index (χ1v) is 5.31. The molecule has 5 atom stereocenters. The third kappa shape index (κ3) is 0.914. The van der Waals surface area contributed by atoms with Crippen molar-refractivity contribution < 1.29 is 4.74 Å². The zero-order valence-corrected chi connectivity index (χ0v) is 7.99. The van der Waals surface area contributed by atoms with Gasteiger partial charge in [0.25, 0.3) is 0 Å². The van der Waals surface area contributed by atoms with Crippen LogP contribution in [0.25, 0.3) is 0 Å². The van der Waals surface area contributed by atoms with Gasteiger partial charge in [0.05, 0.1) is 6.07 Å². The zero-order valence-electron chi connectivity index (χ0n) is 7.99. The molecule has 1 heterocycles. The maximum atomic E-state index is 8.80. The van der Waals surface area contributed by atoms with Gasteiger partial charge in [-0.2, -0.15) is 5.26 Å². The quantitative estimate of drug-likeness (QED) is 0.575. The van der Waals surface area contributed by atoms with Gasteiger partial charge in [-0.25, -0.2) is 0 Å². The second-order valence-corrected chi connectivity index (χ2v) is 5.09. The van der Waals surface area contributed by atoms with Gasteiger partial charge in [0.15, 0.2) is 6.10 Å². The third-order valence-corrected chi connectivity index (χ3v) is 4.43. The number of hydrogen-bond acceptors (Lipinski definition) is 2. The monoisotopic (exact) mass is 177 g/mol. The Bertz CT molecular complexity index is 282. The summed E-state index contributed by atoms with van der Waals surface area (Å²) in [4.78, 5) is 0. The van der Waals surface area contributed by atoms with Crippen LogP contribution in [-0.4, -0.2) is 11.7 Å². The Balaban J connectivity index is 1.78. The van der Waals surface area contributed by atoms with Crippen molar-refractivity contribution in [1.82, 2.24) is 0 Å². The average Bonchev–Trinajstić information content (AvgIpc) is 2.57. The maximum Gasteiger partial charge on any atom is 0.173 e. The van der Waals surface area contributed by atoms with Crippen molar-refractivity contribution >= 4 is 0 Å². The molecule has 2 nitrogen and oxygen atoms in total. The molecule has 2 aliphatic carbocycles. The predicted octanol–water partition coefficient (Wildman–Crippen LogP) is 2.10. The van der Waals surface area contributed by atoms with Crippen molar-refractivity contribution in [3.05, 3.63) is 0 Å². The van der Waals surface area contributed by atoms with Crippen LogP contribution in [0.1, 0.15) is 32.6 Å². The van der Waals surface area contributed by atoms with Gasteiger partial charge in [-0.05, 0) is 43.9 Å². The highest BCUT2D eigenvalue weighted by atomic mass is 16.6. The molecule has 0 N–H and O–H groups in total. The van der Waals surface area contributed by atoms with E-state index in [2.05, 4.69) is 13.0 Å². The number of rotatable bonds is 1. The van der Waals surface area contributed by atoms with Gasteiger partial charge in [-0.1, -0.05) is 6.42 Å². The van der Waals surface area contributed by atoms with Crippen molar-refractivity contribution in [3.8, 4) is 6.07 Å². The van der Waals surface area contributed by atoms with Crippen molar-refractivity contribution in [2.75, 3.05) is 0 Å². The molecule has 0 spiro atoms. The number of epoxide rings is 1. The Labute approximate surface area is 78.9 Å². The summed E-state index contributed by atoms with van der Waals surface area (Å²) in [7, 11) is 0. The average molecular weight is 177 g/mol. The van der Waals surface area contributed by atoms with Crippen molar-refractivity contribution in [2.24, 2.45) is 17.8 Å². The van der Waals surface area contributed by atoms with Gasteiger partial charge < -0.3 is 4.74 Å². The van der Waals surface area contributed by atoms with Crippen molar-refractivity contribution in [1.29, 1.82) is 5.26 Å². The molecule has 70 valence electrons. The Morgan fingerprint density at radius 1 is 1.38 bits per heavy atom. The van der Waals surface area contributed by atoms with E-state index < -0.39 is 0 Å². The summed E-state index contributed by atoms with van der Waals surface area (Å²) in [5.74, 6) is 2.51. The minimum Gasteiger partial charge on any atom is -0.350 e. The smallest absolute Gasteiger partial charge is 0.173 e. The van der Waals surface area contributed by atoms with Gasteiger partial charge in [-0.3, -0.25) is 0 Å². The normalized spacial score (nSPS) is 57.8. The Kier molecular flexibility index (Phi) is 1.37. The number of ether oxygens (including phenoxy) is 1. The van der Waals surface area contributed by atoms with Gasteiger partial charge in [0, 0.05) is 0 Å². The van der Waals surface area contributed by atoms with Crippen LogP contribution in [0.2, 0.25) is 0 Å². The maximum absolute atomic E-state index is 8.80. The fraction of sp³-hybridized carbons (Fsp3) is 0.909. The van der Waals surface area contributed by atoms with E-state index in [0.717, 1.165) is 11.8 Å². The van der Waals surface area contributed by atoms with Crippen LogP contribution in [0, 0.1) is 29.1 Å². The molecule has 2 saturated carbocycles. The molecule has 0 amide bonds. The first-order chi connectivity index (χ1) is 6.24. The van der Waals surface area contributed by atoms with E-state index in [4.69, 9.17) is 10.00 Å². The molecule has 0 aromatic rings. The van der Waals surface area contributed by atoms with E-state index in [1.54, 1.807) is 0 Å². The second-order valence-electron chi connectivity index (χ2n) is 5.09. The molecule has 5 unspecified atom stereocenters. The van der Waals surface area contributed by atoms with Crippen LogP contribution < -0.4 is 0 Å². The lowest BCUT2D eigenvalue weighted by Crippen LogP contribution is -2.28. The molecule has 0 radical (unpaired) electrons. The SMILES string of the molecule is CC1(C2CC3CCC2C3)OC1C#N. The summed E-state index contributed by atoms with van der Waals surface area (Å²) in [6.45, 7) is 2.13. The van der Waals surface area contributed by atoms with E-state index in [-0.39, 0.29) is 11.7 Å². The molecular weight excluding hydrogens is 162 g/mol. The molecule has 3 aliphatic rings. The first-order valence-electron chi connectivity index (χ1n) is 5.31. The van der Waals surface area contributed by atoms with Gasteiger partial charge in [0.2, 0.25) is 0 Å². The molecule has 2 heteroatoms. The lowest BCUT2D eigenvalue weighted by molar-refractivity contribution is 0.174. The molecule has 3 rings (SSSR count). The molecule has 13 heavy (non-hydrogen) atoms. The minimum absolute atomic E-state index is 0.0609. The van der Waals surface area contributed by atoms with Crippen LogP contribution in [-0.2, 0) is 4.74 Å². The van der Waals surface area contributed by atoms with E-state index >= 15 is 0 Å². The molecule has 3 fully saturated rings. The number of hydrogen-bond donors (Lipinski definition) is 0. The van der Waals surface area contributed by atoms with Crippen LogP contribution in [0.3, 0.4) is 0 Å². The topological polar surface area (TPSA) is 36.3 Å². The van der Waals surface area contributed by atoms with E-state index in [1.807, 2.05) is 0 Å². The van der Waals surface area contributed by atoms with Gasteiger partial charge in [-0.15, -0.1) is 0 Å². The highest BCUT2D eigenvalue weighted by molar-refractivity contribution is 5.17. The summed E-state index contributed by atoms with van der Waals surface area (Å²) in [5.41, 5.74) is -0.0609. The molecule has 0 aromatic carbocycles. The Morgan fingerprint density at radius 3 is 2.69 bits per heavy atom. The third-order valence-electron chi connectivity index (χ3n) is 4.43. The second kappa shape index (κ2) is 2.27. The lowest BCUT2D eigenvalue weighted by Gasteiger charge is -2.25. The van der Waals surface area contributed by atoms with Gasteiger partial charge >= 0.3 is 0 Å². The summed E-state index contributed by atoms with van der Waals surface area (Å²) in [6, 6.07) is 2.24. The first kappa shape index (κ1) is 7.82. The standard InChI is InChI=1S/C11H15NO/c1-11(10(6-12)13-11)9-5-7-2-3-8(9)4-7/h7-10H,2-5H2,1H3. The largest absolute Gasteiger partial charge is 0.350 e. The van der Waals surface area contributed by atoms with E-state index in [1.165, 1.54) is 25.7 Å². The lowest BCUT2D eigenvalue weighted by atomic mass is 9.78. The van der Waals surface area contributed by atoms with Crippen LogP contribution in [0.4, 0.5) is 0 Å². The van der Waals surface area contributed by atoms with E-state index in [0.29, 0.717) is 5.92 Å². The molecule has 1 saturated heterocycles.